The third-order valence-corrected chi connectivity index (χ3v) is 5.76. The number of nitrogens with zero attached hydrogens (tertiary/aromatic N) is 2. The molecule has 1 aromatic heterocycles. The van der Waals surface area contributed by atoms with Gasteiger partial charge in [0.25, 0.3) is 0 Å². The first-order valence-electron chi connectivity index (χ1n) is 10.8. The Bertz CT molecular complexity index is 1210. The highest BCUT2D eigenvalue weighted by molar-refractivity contribution is 6.32. The molecular weight excluding hydrogens is 440 g/mol. The van der Waals surface area contributed by atoms with Crippen LogP contribution in [-0.2, 0) is 6.54 Å². The van der Waals surface area contributed by atoms with E-state index in [9.17, 15) is 0 Å². The van der Waals surface area contributed by atoms with Crippen LogP contribution in [0.25, 0.3) is 22.4 Å². The molecule has 7 heteroatoms. The lowest BCUT2D eigenvalue weighted by molar-refractivity contribution is 0.304. The van der Waals surface area contributed by atoms with Gasteiger partial charge in [-0.15, -0.1) is 0 Å². The van der Waals surface area contributed by atoms with E-state index in [0.717, 1.165) is 41.8 Å². The van der Waals surface area contributed by atoms with Crippen molar-refractivity contribution in [3.8, 4) is 34.4 Å². The summed E-state index contributed by atoms with van der Waals surface area (Å²) in [6.45, 7) is 1.38. The molecule has 1 heterocycles. The summed E-state index contributed by atoms with van der Waals surface area (Å²) in [4.78, 5) is 4.91. The summed E-state index contributed by atoms with van der Waals surface area (Å²) in [7, 11) is 4.83. The van der Waals surface area contributed by atoms with Crippen molar-refractivity contribution in [2.75, 3.05) is 27.9 Å². The largest absolute Gasteiger partial charge is 0.493 e. The predicted molar refractivity (Wildman–Crippen MR) is 131 cm³/mol. The highest BCUT2D eigenvalue weighted by Gasteiger charge is 2.18. The van der Waals surface area contributed by atoms with Gasteiger partial charge in [0.2, 0.25) is 5.75 Å². The molecule has 4 aromatic rings. The molecule has 0 spiro atoms. The van der Waals surface area contributed by atoms with Crippen molar-refractivity contribution in [2.45, 2.75) is 19.4 Å². The molecule has 6 nitrogen and oxygen atoms in total. The molecule has 0 aliphatic rings. The van der Waals surface area contributed by atoms with Crippen LogP contribution in [0.5, 0.6) is 23.0 Å². The van der Waals surface area contributed by atoms with E-state index < -0.39 is 0 Å². The highest BCUT2D eigenvalue weighted by Crippen LogP contribution is 2.41. The number of aryl methyl sites for hydroxylation is 1. The molecule has 172 valence electrons. The van der Waals surface area contributed by atoms with Crippen LogP contribution in [0.4, 0.5) is 0 Å². The summed E-state index contributed by atoms with van der Waals surface area (Å²) >= 11 is 6.18. The van der Waals surface area contributed by atoms with Gasteiger partial charge < -0.3 is 23.5 Å². The Hall–Kier alpha value is -3.38. The summed E-state index contributed by atoms with van der Waals surface area (Å²) < 4.78 is 24.6. The fourth-order valence-corrected chi connectivity index (χ4v) is 4.04. The summed E-state index contributed by atoms with van der Waals surface area (Å²) in [6, 6.07) is 19.5. The number of para-hydroxylation sites is 3. The SMILES string of the molecule is COc1cc(-c2nc3ccccc3n2CCCCOc2ccccc2Cl)cc(OC)c1OC. The summed E-state index contributed by atoms with van der Waals surface area (Å²) in [5, 5.41) is 0.628. The number of fused-ring (bicyclic) bond motifs is 1. The Labute approximate surface area is 198 Å². The van der Waals surface area contributed by atoms with Crippen molar-refractivity contribution >= 4 is 22.6 Å². The number of hydrogen-bond donors (Lipinski definition) is 0. The molecule has 0 atom stereocenters. The Balaban J connectivity index is 1.58. The molecule has 0 saturated heterocycles. The van der Waals surface area contributed by atoms with E-state index >= 15 is 0 Å². The van der Waals surface area contributed by atoms with Gasteiger partial charge >= 0.3 is 0 Å². The number of aromatic nitrogens is 2. The molecule has 0 aliphatic heterocycles. The van der Waals surface area contributed by atoms with E-state index in [2.05, 4.69) is 10.6 Å². The number of unbranched alkanes of at least 4 members (excludes halogenated alkanes) is 1. The molecule has 4 rings (SSSR count). The van der Waals surface area contributed by atoms with Gasteiger partial charge in [-0.05, 0) is 49.2 Å². The maximum Gasteiger partial charge on any atom is 0.203 e. The van der Waals surface area contributed by atoms with Gasteiger partial charge in [-0.1, -0.05) is 35.9 Å². The van der Waals surface area contributed by atoms with E-state index in [-0.39, 0.29) is 0 Å². The summed E-state index contributed by atoms with van der Waals surface area (Å²) in [6.07, 6.45) is 1.80. The van der Waals surface area contributed by atoms with Crippen molar-refractivity contribution in [1.82, 2.24) is 9.55 Å². The zero-order valence-electron chi connectivity index (χ0n) is 19.0. The lowest BCUT2D eigenvalue weighted by Gasteiger charge is -2.15. The fraction of sp³-hybridized carbons (Fsp3) is 0.269. The number of hydrogen-bond acceptors (Lipinski definition) is 5. The minimum Gasteiger partial charge on any atom is -0.493 e. The summed E-state index contributed by atoms with van der Waals surface area (Å²) in [5.41, 5.74) is 2.91. The summed E-state index contributed by atoms with van der Waals surface area (Å²) in [5.74, 6) is 3.31. The zero-order chi connectivity index (χ0) is 23.2. The van der Waals surface area contributed by atoms with Crippen LogP contribution in [0, 0.1) is 0 Å². The normalized spacial score (nSPS) is 10.9. The van der Waals surface area contributed by atoms with Crippen LogP contribution in [0.15, 0.2) is 60.7 Å². The Kier molecular flexibility index (Phi) is 7.25. The van der Waals surface area contributed by atoms with Crippen LogP contribution >= 0.6 is 11.6 Å². The Morgan fingerprint density at radius 2 is 1.52 bits per heavy atom. The van der Waals surface area contributed by atoms with Crippen LogP contribution in [0.2, 0.25) is 5.02 Å². The molecule has 0 radical (unpaired) electrons. The standard InChI is InChI=1S/C26H27ClN2O4/c1-30-23-16-18(17-24(31-2)25(23)32-3)26-28-20-11-5-6-12-21(20)29(26)14-8-9-15-33-22-13-7-4-10-19(22)27/h4-7,10-13,16-17H,8-9,14-15H2,1-3H3. The second-order valence-corrected chi connectivity index (χ2v) is 7.88. The number of rotatable bonds is 10. The lowest BCUT2D eigenvalue weighted by Crippen LogP contribution is -2.05. The third kappa shape index (κ3) is 4.86. The molecular formula is C26H27ClN2O4. The van der Waals surface area contributed by atoms with Crippen molar-refractivity contribution < 1.29 is 18.9 Å². The van der Waals surface area contributed by atoms with Crippen molar-refractivity contribution in [3.63, 3.8) is 0 Å². The minimum absolute atomic E-state index is 0.558. The first-order chi connectivity index (χ1) is 16.2. The lowest BCUT2D eigenvalue weighted by atomic mass is 10.1. The number of benzene rings is 3. The third-order valence-electron chi connectivity index (χ3n) is 5.45. The second kappa shape index (κ2) is 10.5. The molecule has 0 bridgehead atoms. The average molecular weight is 467 g/mol. The van der Waals surface area contributed by atoms with E-state index in [1.165, 1.54) is 0 Å². The first kappa shape index (κ1) is 22.8. The van der Waals surface area contributed by atoms with Gasteiger partial charge in [0.1, 0.15) is 11.6 Å². The molecule has 0 fully saturated rings. The van der Waals surface area contributed by atoms with E-state index in [1.807, 2.05) is 54.6 Å². The monoisotopic (exact) mass is 466 g/mol. The van der Waals surface area contributed by atoms with Gasteiger partial charge in [-0.2, -0.15) is 0 Å². The topological polar surface area (TPSA) is 54.7 Å². The Morgan fingerprint density at radius 3 is 2.21 bits per heavy atom. The first-order valence-corrected chi connectivity index (χ1v) is 11.2. The van der Waals surface area contributed by atoms with Crippen molar-refractivity contribution in [1.29, 1.82) is 0 Å². The molecule has 0 amide bonds. The number of halogens is 1. The molecule has 0 aliphatic carbocycles. The maximum absolute atomic E-state index is 6.18. The van der Waals surface area contributed by atoms with E-state index in [4.69, 9.17) is 35.5 Å². The number of methoxy groups -OCH3 is 3. The molecule has 33 heavy (non-hydrogen) atoms. The minimum atomic E-state index is 0.558. The molecule has 3 aromatic carbocycles. The van der Waals surface area contributed by atoms with Crippen molar-refractivity contribution in [2.24, 2.45) is 0 Å². The Morgan fingerprint density at radius 1 is 0.818 bits per heavy atom. The molecule has 0 N–H and O–H groups in total. The predicted octanol–water partition coefficient (Wildman–Crippen LogP) is 6.24. The second-order valence-electron chi connectivity index (χ2n) is 7.48. The van der Waals surface area contributed by atoms with Gasteiger partial charge in [0.05, 0.1) is 44.0 Å². The molecule has 0 saturated carbocycles. The van der Waals surface area contributed by atoms with Crippen LogP contribution in [0.1, 0.15) is 12.8 Å². The van der Waals surface area contributed by atoms with E-state index in [1.54, 1.807) is 21.3 Å². The van der Waals surface area contributed by atoms with Gasteiger partial charge in [-0.25, -0.2) is 4.98 Å². The van der Waals surface area contributed by atoms with Gasteiger partial charge in [0, 0.05) is 12.1 Å². The number of ether oxygens (including phenoxy) is 4. The van der Waals surface area contributed by atoms with Crippen LogP contribution < -0.4 is 18.9 Å². The van der Waals surface area contributed by atoms with Gasteiger partial charge in [-0.3, -0.25) is 0 Å². The molecule has 0 unspecified atom stereocenters. The zero-order valence-corrected chi connectivity index (χ0v) is 19.8. The highest BCUT2D eigenvalue weighted by atomic mass is 35.5. The van der Waals surface area contributed by atoms with Crippen LogP contribution in [-0.4, -0.2) is 37.5 Å². The fourth-order valence-electron chi connectivity index (χ4n) is 3.85. The van der Waals surface area contributed by atoms with Crippen LogP contribution in [0.3, 0.4) is 0 Å². The maximum atomic E-state index is 6.18. The van der Waals surface area contributed by atoms with Crippen molar-refractivity contribution in [3.05, 3.63) is 65.7 Å². The smallest absolute Gasteiger partial charge is 0.203 e. The van der Waals surface area contributed by atoms with E-state index in [0.29, 0.717) is 34.6 Å². The van der Waals surface area contributed by atoms with Gasteiger partial charge in [0.15, 0.2) is 11.5 Å². The average Bonchev–Trinajstić information content (AvgIpc) is 3.22. The number of imidazole rings is 1. The quantitative estimate of drug-likeness (QED) is 0.259.